The third kappa shape index (κ3) is 4.16. The van der Waals surface area contributed by atoms with Gasteiger partial charge in [0.05, 0.1) is 30.1 Å². The topological polar surface area (TPSA) is 102 Å². The summed E-state index contributed by atoms with van der Waals surface area (Å²) >= 11 is 0. The molecule has 0 saturated carbocycles. The number of ether oxygens (including phenoxy) is 2. The Morgan fingerprint density at radius 3 is 2.46 bits per heavy atom. The maximum Gasteiger partial charge on any atom is 0.309 e. The quantitative estimate of drug-likeness (QED) is 0.735. The number of rotatable bonds is 6. The minimum Gasteiger partial charge on any atom is -0.496 e. The molecule has 1 fully saturated rings. The van der Waals surface area contributed by atoms with E-state index in [4.69, 9.17) is 9.47 Å². The van der Waals surface area contributed by atoms with Crippen LogP contribution in [0.15, 0.2) is 23.1 Å². The molecule has 1 N–H and O–H groups in total. The Morgan fingerprint density at radius 1 is 1.27 bits per heavy atom. The smallest absolute Gasteiger partial charge is 0.309 e. The Morgan fingerprint density at radius 2 is 1.92 bits per heavy atom. The first-order valence-electron chi connectivity index (χ1n) is 8.42. The number of amides is 1. The number of nitrogens with one attached hydrogen (secondary N) is 1. The van der Waals surface area contributed by atoms with E-state index >= 15 is 0 Å². The van der Waals surface area contributed by atoms with E-state index in [1.807, 2.05) is 0 Å². The minimum atomic E-state index is -3.77. The number of hydrogen-bond donors (Lipinski definition) is 1. The van der Waals surface area contributed by atoms with Crippen molar-refractivity contribution >= 4 is 21.9 Å². The van der Waals surface area contributed by atoms with Crippen LogP contribution in [0.5, 0.6) is 5.75 Å². The van der Waals surface area contributed by atoms with Gasteiger partial charge in [0.1, 0.15) is 5.75 Å². The summed E-state index contributed by atoms with van der Waals surface area (Å²) in [6, 6.07) is 4.19. The molecule has 1 amide bonds. The van der Waals surface area contributed by atoms with Crippen LogP contribution in [0.4, 0.5) is 0 Å². The van der Waals surface area contributed by atoms with Gasteiger partial charge >= 0.3 is 5.97 Å². The second-order valence-corrected chi connectivity index (χ2v) is 7.81. The monoisotopic (exact) mass is 384 g/mol. The van der Waals surface area contributed by atoms with Crippen LogP contribution >= 0.6 is 0 Å². The van der Waals surface area contributed by atoms with Gasteiger partial charge in [0.25, 0.3) is 5.91 Å². The molecule has 1 heterocycles. The van der Waals surface area contributed by atoms with Crippen molar-refractivity contribution in [3.05, 3.63) is 23.8 Å². The predicted molar refractivity (Wildman–Crippen MR) is 94.5 cm³/mol. The summed E-state index contributed by atoms with van der Waals surface area (Å²) < 4.78 is 37.2. The normalized spacial score (nSPS) is 16.1. The molecular weight excluding hydrogens is 360 g/mol. The number of sulfonamides is 1. The molecule has 1 aliphatic heterocycles. The molecule has 1 aromatic carbocycles. The SMILES string of the molecule is CCOC(=O)C1CCN(S(=O)(=O)c2ccc(OC)c(C(=O)NC)c2)CC1. The first-order valence-corrected chi connectivity index (χ1v) is 9.86. The highest BCUT2D eigenvalue weighted by atomic mass is 32.2. The van der Waals surface area contributed by atoms with E-state index in [0.717, 1.165) is 0 Å². The van der Waals surface area contributed by atoms with Gasteiger partial charge in [-0.2, -0.15) is 4.31 Å². The van der Waals surface area contributed by atoms with Crippen LogP contribution in [0.25, 0.3) is 0 Å². The fraction of sp³-hybridized carbons (Fsp3) is 0.529. The van der Waals surface area contributed by atoms with E-state index in [-0.39, 0.29) is 35.4 Å². The maximum absolute atomic E-state index is 12.9. The standard InChI is InChI=1S/C17H24N2O6S/c1-4-25-17(21)12-7-9-19(10-8-12)26(22,23)13-5-6-15(24-3)14(11-13)16(20)18-2/h5-6,11-12H,4,7-10H2,1-3H3,(H,18,20). The fourth-order valence-corrected chi connectivity index (χ4v) is 4.40. The van der Waals surface area contributed by atoms with Crippen molar-refractivity contribution < 1.29 is 27.5 Å². The van der Waals surface area contributed by atoms with Crippen LogP contribution in [0.2, 0.25) is 0 Å². The van der Waals surface area contributed by atoms with Gasteiger partial charge in [0, 0.05) is 20.1 Å². The molecule has 0 bridgehead atoms. The van der Waals surface area contributed by atoms with Crippen molar-refractivity contribution in [1.82, 2.24) is 9.62 Å². The number of esters is 1. The van der Waals surface area contributed by atoms with E-state index in [1.165, 1.54) is 36.7 Å². The molecular formula is C17H24N2O6S. The second-order valence-electron chi connectivity index (χ2n) is 5.87. The van der Waals surface area contributed by atoms with Gasteiger partial charge < -0.3 is 14.8 Å². The first-order chi connectivity index (χ1) is 12.3. The van der Waals surface area contributed by atoms with Gasteiger partial charge in [0.15, 0.2) is 0 Å². The summed E-state index contributed by atoms with van der Waals surface area (Å²) in [5, 5.41) is 2.47. The average Bonchev–Trinajstić information content (AvgIpc) is 2.67. The molecule has 8 nitrogen and oxygen atoms in total. The van der Waals surface area contributed by atoms with Crippen LogP contribution in [-0.4, -0.2) is 58.5 Å². The molecule has 0 spiro atoms. The summed E-state index contributed by atoms with van der Waals surface area (Å²) in [6.45, 7) is 2.51. The largest absolute Gasteiger partial charge is 0.496 e. The molecule has 1 aromatic rings. The number of methoxy groups -OCH3 is 1. The zero-order valence-electron chi connectivity index (χ0n) is 15.1. The Hall–Kier alpha value is -2.13. The Bertz CT molecular complexity index is 769. The molecule has 26 heavy (non-hydrogen) atoms. The van der Waals surface area contributed by atoms with Crippen molar-refractivity contribution in [2.75, 3.05) is 33.9 Å². The lowest BCUT2D eigenvalue weighted by molar-refractivity contribution is -0.149. The number of carbonyl (C=O) groups excluding carboxylic acids is 2. The molecule has 0 atom stereocenters. The zero-order chi connectivity index (χ0) is 19.3. The number of carbonyl (C=O) groups is 2. The van der Waals surface area contributed by atoms with Gasteiger partial charge in [0.2, 0.25) is 10.0 Å². The molecule has 144 valence electrons. The minimum absolute atomic E-state index is 0.0199. The van der Waals surface area contributed by atoms with Crippen LogP contribution in [-0.2, 0) is 19.6 Å². The van der Waals surface area contributed by atoms with Gasteiger partial charge in [-0.25, -0.2) is 8.42 Å². The van der Waals surface area contributed by atoms with E-state index < -0.39 is 15.9 Å². The summed E-state index contributed by atoms with van der Waals surface area (Å²) in [4.78, 5) is 23.8. The molecule has 2 rings (SSSR count). The lowest BCUT2D eigenvalue weighted by Gasteiger charge is -2.30. The zero-order valence-corrected chi connectivity index (χ0v) is 16.0. The van der Waals surface area contributed by atoms with Crippen molar-refractivity contribution in [3.63, 3.8) is 0 Å². The second kappa shape index (κ2) is 8.50. The van der Waals surface area contributed by atoms with Crippen LogP contribution in [0, 0.1) is 5.92 Å². The maximum atomic E-state index is 12.9. The predicted octanol–water partition coefficient (Wildman–Crippen LogP) is 1.02. The number of nitrogens with zero attached hydrogens (tertiary/aromatic N) is 1. The highest BCUT2D eigenvalue weighted by molar-refractivity contribution is 7.89. The lowest BCUT2D eigenvalue weighted by Crippen LogP contribution is -2.40. The van der Waals surface area contributed by atoms with Crippen molar-refractivity contribution in [3.8, 4) is 5.75 Å². The Kier molecular flexibility index (Phi) is 6.60. The van der Waals surface area contributed by atoms with Crippen LogP contribution < -0.4 is 10.1 Å². The Balaban J connectivity index is 2.21. The van der Waals surface area contributed by atoms with Gasteiger partial charge in [-0.05, 0) is 38.0 Å². The summed E-state index contributed by atoms with van der Waals surface area (Å²) in [7, 11) is -0.893. The third-order valence-corrected chi connectivity index (χ3v) is 6.25. The highest BCUT2D eigenvalue weighted by Gasteiger charge is 2.33. The van der Waals surface area contributed by atoms with Crippen molar-refractivity contribution in [1.29, 1.82) is 0 Å². The van der Waals surface area contributed by atoms with Crippen molar-refractivity contribution in [2.24, 2.45) is 5.92 Å². The number of hydrogen-bond acceptors (Lipinski definition) is 6. The average molecular weight is 384 g/mol. The van der Waals surface area contributed by atoms with E-state index in [2.05, 4.69) is 5.32 Å². The fourth-order valence-electron chi connectivity index (χ4n) is 2.90. The molecule has 1 saturated heterocycles. The summed E-state index contributed by atoms with van der Waals surface area (Å²) in [5.74, 6) is -0.696. The van der Waals surface area contributed by atoms with Crippen LogP contribution in [0.3, 0.4) is 0 Å². The number of benzene rings is 1. The number of piperidine rings is 1. The van der Waals surface area contributed by atoms with E-state index in [9.17, 15) is 18.0 Å². The third-order valence-electron chi connectivity index (χ3n) is 4.35. The molecule has 1 aliphatic rings. The summed E-state index contributed by atoms with van der Waals surface area (Å²) in [6.07, 6.45) is 0.826. The molecule has 0 radical (unpaired) electrons. The van der Waals surface area contributed by atoms with Crippen LogP contribution in [0.1, 0.15) is 30.1 Å². The molecule has 9 heteroatoms. The van der Waals surface area contributed by atoms with E-state index in [1.54, 1.807) is 6.92 Å². The van der Waals surface area contributed by atoms with E-state index in [0.29, 0.717) is 25.2 Å². The lowest BCUT2D eigenvalue weighted by atomic mass is 9.98. The highest BCUT2D eigenvalue weighted by Crippen LogP contribution is 2.28. The van der Waals surface area contributed by atoms with Gasteiger partial charge in [-0.1, -0.05) is 0 Å². The van der Waals surface area contributed by atoms with Gasteiger partial charge in [-0.3, -0.25) is 9.59 Å². The summed E-state index contributed by atoms with van der Waals surface area (Å²) in [5.41, 5.74) is 0.150. The van der Waals surface area contributed by atoms with Gasteiger partial charge in [-0.15, -0.1) is 0 Å². The molecule has 0 aliphatic carbocycles. The molecule has 0 aromatic heterocycles. The Labute approximate surface area is 153 Å². The first kappa shape index (κ1) is 20.2. The van der Waals surface area contributed by atoms with Crippen molar-refractivity contribution in [2.45, 2.75) is 24.7 Å². The molecule has 0 unspecified atom stereocenters.